The van der Waals surface area contributed by atoms with Crippen LogP contribution in [0.25, 0.3) is 73.6 Å². The highest BCUT2D eigenvalue weighted by atomic mass is 32.1. The maximum atomic E-state index is 5.32. The topological polar surface area (TPSA) is 16.1 Å². The van der Waals surface area contributed by atoms with Crippen molar-refractivity contribution < 1.29 is 0 Å². The summed E-state index contributed by atoms with van der Waals surface area (Å²) >= 11 is 3.63. The molecule has 49 heavy (non-hydrogen) atoms. The van der Waals surface area contributed by atoms with Crippen LogP contribution >= 0.6 is 22.7 Å². The minimum absolute atomic E-state index is 1.03. The van der Waals surface area contributed by atoms with Gasteiger partial charge in [0.15, 0.2) is 0 Å². The largest absolute Gasteiger partial charge is 0.310 e. The van der Waals surface area contributed by atoms with E-state index in [-0.39, 0.29) is 0 Å². The number of benzene rings is 8. The number of thiazole rings is 1. The Labute approximate surface area is 291 Å². The fourth-order valence-electron chi connectivity index (χ4n) is 7.16. The molecule has 0 saturated carbocycles. The van der Waals surface area contributed by atoms with Crippen molar-refractivity contribution in [1.29, 1.82) is 0 Å². The van der Waals surface area contributed by atoms with Crippen LogP contribution in [-0.2, 0) is 0 Å². The molecule has 0 unspecified atom stereocenters. The predicted octanol–water partition coefficient (Wildman–Crippen LogP) is 13.8. The highest BCUT2D eigenvalue weighted by Crippen LogP contribution is 2.44. The number of hydrogen-bond donors (Lipinski definition) is 0. The van der Waals surface area contributed by atoms with Crippen LogP contribution in [0.2, 0.25) is 0 Å². The molecule has 4 heteroatoms. The molecule has 10 aromatic rings. The van der Waals surface area contributed by atoms with Gasteiger partial charge in [0.05, 0.1) is 10.2 Å². The number of nitrogens with zero attached hydrogens (tertiary/aromatic N) is 2. The zero-order valence-corrected chi connectivity index (χ0v) is 28.0. The summed E-state index contributed by atoms with van der Waals surface area (Å²) in [6, 6.07) is 61.3. The molecule has 0 aliphatic carbocycles. The minimum atomic E-state index is 1.03. The maximum Gasteiger partial charge on any atom is 0.124 e. The third-order valence-corrected chi connectivity index (χ3v) is 11.8. The van der Waals surface area contributed by atoms with E-state index < -0.39 is 0 Å². The third-order valence-electron chi connectivity index (χ3n) is 9.47. The van der Waals surface area contributed by atoms with Crippen molar-refractivity contribution in [3.8, 4) is 21.7 Å². The third kappa shape index (κ3) is 4.72. The fourth-order valence-corrected chi connectivity index (χ4v) is 9.36. The Kier molecular flexibility index (Phi) is 6.57. The highest BCUT2D eigenvalue weighted by molar-refractivity contribution is 7.25. The molecule has 2 heterocycles. The van der Waals surface area contributed by atoms with Gasteiger partial charge in [0.1, 0.15) is 5.01 Å². The van der Waals surface area contributed by atoms with E-state index in [1.165, 1.54) is 57.5 Å². The summed E-state index contributed by atoms with van der Waals surface area (Å²) in [5.74, 6) is 0. The molecule has 0 aliphatic rings. The average Bonchev–Trinajstić information content (AvgIpc) is 3.79. The van der Waals surface area contributed by atoms with Crippen LogP contribution in [0.5, 0.6) is 0 Å². The molecule has 0 saturated heterocycles. The first-order valence-corrected chi connectivity index (χ1v) is 18.1. The lowest BCUT2D eigenvalue weighted by molar-refractivity contribution is 1.29. The summed E-state index contributed by atoms with van der Waals surface area (Å²) in [4.78, 5) is 7.70. The SMILES string of the molecule is c1ccc(-c2ccc(N(c3cccc(-c4nc5c6ccccc6c6ccccc6c5s4)c3)c3ccc4sc5ccccc5c4c3)cc2)cc1. The Balaban J connectivity index is 1.15. The second kappa shape index (κ2) is 11.4. The molecular formula is C45H28N2S2. The number of hydrogen-bond acceptors (Lipinski definition) is 4. The normalized spacial score (nSPS) is 11.7. The molecule has 0 bridgehead atoms. The molecule has 0 N–H and O–H groups in total. The van der Waals surface area contributed by atoms with Gasteiger partial charge in [0.25, 0.3) is 0 Å². The molecule has 0 atom stereocenters. The van der Waals surface area contributed by atoms with Crippen LogP contribution in [0, 0.1) is 0 Å². The van der Waals surface area contributed by atoms with E-state index in [2.05, 4.69) is 175 Å². The van der Waals surface area contributed by atoms with E-state index >= 15 is 0 Å². The summed E-state index contributed by atoms with van der Waals surface area (Å²) in [5, 5.41) is 8.58. The van der Waals surface area contributed by atoms with Gasteiger partial charge in [-0.15, -0.1) is 22.7 Å². The smallest absolute Gasteiger partial charge is 0.124 e. The van der Waals surface area contributed by atoms with Crippen molar-refractivity contribution in [1.82, 2.24) is 4.98 Å². The first-order chi connectivity index (χ1) is 24.3. The molecule has 10 rings (SSSR count). The van der Waals surface area contributed by atoms with Crippen molar-refractivity contribution in [2.75, 3.05) is 4.90 Å². The first-order valence-electron chi connectivity index (χ1n) is 16.5. The first kappa shape index (κ1) is 28.2. The number of aromatic nitrogens is 1. The van der Waals surface area contributed by atoms with Crippen molar-refractivity contribution in [2.45, 2.75) is 0 Å². The minimum Gasteiger partial charge on any atom is -0.310 e. The van der Waals surface area contributed by atoms with Gasteiger partial charge in [-0.3, -0.25) is 0 Å². The molecule has 230 valence electrons. The average molecular weight is 661 g/mol. The summed E-state index contributed by atoms with van der Waals surface area (Å²) < 4.78 is 3.84. The van der Waals surface area contributed by atoms with Crippen molar-refractivity contribution in [2.24, 2.45) is 0 Å². The summed E-state index contributed by atoms with van der Waals surface area (Å²) in [5.41, 5.74) is 7.93. The van der Waals surface area contributed by atoms with E-state index in [0.717, 1.165) is 33.1 Å². The van der Waals surface area contributed by atoms with E-state index in [1.54, 1.807) is 11.3 Å². The Morgan fingerprint density at radius 2 is 0.959 bits per heavy atom. The van der Waals surface area contributed by atoms with Crippen LogP contribution in [0.3, 0.4) is 0 Å². The number of anilines is 3. The lowest BCUT2D eigenvalue weighted by Crippen LogP contribution is -2.10. The highest BCUT2D eigenvalue weighted by Gasteiger charge is 2.18. The van der Waals surface area contributed by atoms with E-state index in [4.69, 9.17) is 4.98 Å². The Morgan fingerprint density at radius 3 is 1.78 bits per heavy atom. The van der Waals surface area contributed by atoms with Gasteiger partial charge in [-0.05, 0) is 70.4 Å². The van der Waals surface area contributed by atoms with Gasteiger partial charge >= 0.3 is 0 Å². The summed E-state index contributed by atoms with van der Waals surface area (Å²) in [6.07, 6.45) is 0. The van der Waals surface area contributed by atoms with Crippen molar-refractivity contribution in [3.05, 3.63) is 170 Å². The maximum absolute atomic E-state index is 5.32. The van der Waals surface area contributed by atoms with Crippen LogP contribution < -0.4 is 4.90 Å². The van der Waals surface area contributed by atoms with Crippen LogP contribution in [-0.4, -0.2) is 4.98 Å². The fraction of sp³-hybridized carbons (Fsp3) is 0. The monoisotopic (exact) mass is 660 g/mol. The molecule has 2 nitrogen and oxygen atoms in total. The molecule has 0 spiro atoms. The lowest BCUT2D eigenvalue weighted by Gasteiger charge is -2.26. The summed E-state index contributed by atoms with van der Waals surface area (Å²) in [7, 11) is 0. The van der Waals surface area contributed by atoms with Gasteiger partial charge in [0, 0.05) is 53.6 Å². The van der Waals surface area contributed by atoms with Crippen LogP contribution in [0.4, 0.5) is 17.1 Å². The number of fused-ring (bicyclic) bond motifs is 9. The molecular weight excluding hydrogens is 633 g/mol. The molecule has 0 fully saturated rings. The van der Waals surface area contributed by atoms with Gasteiger partial charge in [-0.1, -0.05) is 121 Å². The molecule has 0 radical (unpaired) electrons. The number of thiophene rings is 1. The van der Waals surface area contributed by atoms with Gasteiger partial charge in [-0.25, -0.2) is 4.98 Å². The van der Waals surface area contributed by atoms with E-state index in [9.17, 15) is 0 Å². The van der Waals surface area contributed by atoms with Crippen molar-refractivity contribution in [3.63, 3.8) is 0 Å². The standard InChI is InChI=1S/C45H28N2S2/c1-2-11-29(12-3-1)30-21-23-32(24-22-30)47(34-25-26-42-40(28-34)37-17-8-9-20-41(37)48-42)33-14-10-13-31(27-33)45-46-43-38-18-6-4-15-35(38)36-16-5-7-19-39(36)44(43)49-45/h1-28H. The molecule has 2 aromatic heterocycles. The van der Waals surface area contributed by atoms with Crippen molar-refractivity contribution >= 4 is 91.7 Å². The quantitative estimate of drug-likeness (QED) is 0.171. The molecule has 0 aliphatic heterocycles. The van der Waals surface area contributed by atoms with Gasteiger partial charge in [0.2, 0.25) is 0 Å². The van der Waals surface area contributed by atoms with E-state index in [0.29, 0.717) is 0 Å². The second-order valence-electron chi connectivity index (χ2n) is 12.4. The Hall–Kier alpha value is -5.81. The number of rotatable bonds is 5. The predicted molar refractivity (Wildman–Crippen MR) is 213 cm³/mol. The Morgan fingerprint density at radius 1 is 0.367 bits per heavy atom. The zero-order valence-electron chi connectivity index (χ0n) is 26.4. The van der Waals surface area contributed by atoms with E-state index in [1.807, 2.05) is 11.3 Å². The molecule has 0 amide bonds. The summed E-state index contributed by atoms with van der Waals surface area (Å²) in [6.45, 7) is 0. The van der Waals surface area contributed by atoms with Gasteiger partial charge in [-0.2, -0.15) is 0 Å². The van der Waals surface area contributed by atoms with Crippen LogP contribution in [0.1, 0.15) is 0 Å². The Bertz CT molecular complexity index is 2760. The van der Waals surface area contributed by atoms with Crippen LogP contribution in [0.15, 0.2) is 170 Å². The molecule has 8 aromatic carbocycles. The van der Waals surface area contributed by atoms with Gasteiger partial charge < -0.3 is 4.90 Å². The second-order valence-corrected chi connectivity index (χ2v) is 14.4. The lowest BCUT2D eigenvalue weighted by atomic mass is 10.0. The zero-order chi connectivity index (χ0) is 32.3.